The molecule has 8 heteroatoms. The van der Waals surface area contributed by atoms with Crippen molar-refractivity contribution in [3.8, 4) is 0 Å². The average molecular weight is 469 g/mol. The van der Waals surface area contributed by atoms with Crippen molar-refractivity contribution in [3.63, 3.8) is 0 Å². The molecule has 2 heterocycles. The molecule has 2 aromatic carbocycles. The highest BCUT2D eigenvalue weighted by Crippen LogP contribution is 2.25. The van der Waals surface area contributed by atoms with Gasteiger partial charge in [0.15, 0.2) is 0 Å². The first-order valence-electron chi connectivity index (χ1n) is 10.1. The van der Waals surface area contributed by atoms with E-state index in [9.17, 15) is 0 Å². The largest absolute Gasteiger partial charge is 0.371 e. The van der Waals surface area contributed by atoms with Gasteiger partial charge in [0.2, 0.25) is 11.9 Å². The van der Waals surface area contributed by atoms with Crippen LogP contribution in [-0.2, 0) is 17.7 Å². The molecule has 0 saturated carbocycles. The van der Waals surface area contributed by atoms with Crippen molar-refractivity contribution in [1.29, 1.82) is 0 Å². The van der Waals surface area contributed by atoms with Crippen molar-refractivity contribution < 1.29 is 4.74 Å². The lowest BCUT2D eigenvalue weighted by Crippen LogP contribution is -2.38. The number of aryl methyl sites for hydroxylation is 1. The molecule has 30 heavy (non-hydrogen) atoms. The quantitative estimate of drug-likeness (QED) is 0.562. The van der Waals surface area contributed by atoms with Gasteiger partial charge < -0.3 is 15.8 Å². The Balaban J connectivity index is 1.48. The Morgan fingerprint density at radius 1 is 1.17 bits per heavy atom. The zero-order valence-electron chi connectivity index (χ0n) is 16.9. The first-order chi connectivity index (χ1) is 14.6. The number of nitrogens with two attached hydrogens (primary N) is 1. The number of hydrogen-bond donors (Lipinski definition) is 2. The van der Waals surface area contributed by atoms with Gasteiger partial charge in [-0.3, -0.25) is 4.90 Å². The van der Waals surface area contributed by atoms with Crippen LogP contribution in [0.15, 0.2) is 53.0 Å². The highest BCUT2D eigenvalue weighted by Gasteiger charge is 2.23. The number of para-hydroxylation sites is 1. The summed E-state index contributed by atoms with van der Waals surface area (Å²) in [6, 6.07) is 16.4. The summed E-state index contributed by atoms with van der Waals surface area (Å²) in [5.41, 5.74) is 9.31. The zero-order chi connectivity index (χ0) is 20.9. The molecule has 1 aromatic heterocycles. The van der Waals surface area contributed by atoms with E-state index in [1.54, 1.807) is 0 Å². The summed E-state index contributed by atoms with van der Waals surface area (Å²) in [7, 11) is 0. The molecule has 1 saturated heterocycles. The van der Waals surface area contributed by atoms with Crippen LogP contribution in [0.1, 0.15) is 30.0 Å². The monoisotopic (exact) mass is 468 g/mol. The number of morpholine rings is 1. The standard InChI is InChI=1S/C22H25BrN6O/c1-2-15-6-3-4-9-18(15)25-22-27-20(26-21(24)28-22)14-29-10-11-30-19(13-29)16-7-5-8-17(23)12-16/h3-9,12,19H,2,10-11,13-14H2,1H3,(H3,24,25,26,27,28). The second-order valence-electron chi connectivity index (χ2n) is 7.22. The minimum atomic E-state index is 0.0180. The van der Waals surface area contributed by atoms with Gasteiger partial charge in [0, 0.05) is 23.2 Å². The molecule has 3 aromatic rings. The number of aromatic nitrogens is 3. The number of nitrogens with one attached hydrogen (secondary N) is 1. The third-order valence-electron chi connectivity index (χ3n) is 5.08. The molecular formula is C22H25BrN6O. The molecule has 3 N–H and O–H groups in total. The van der Waals surface area contributed by atoms with Crippen molar-refractivity contribution >= 4 is 33.5 Å². The fourth-order valence-electron chi connectivity index (χ4n) is 3.59. The molecule has 0 aliphatic carbocycles. The number of nitrogens with zero attached hydrogens (tertiary/aromatic N) is 4. The second kappa shape index (κ2) is 9.51. The normalized spacial score (nSPS) is 17.1. The predicted molar refractivity (Wildman–Crippen MR) is 121 cm³/mol. The van der Waals surface area contributed by atoms with E-state index in [2.05, 4.69) is 66.2 Å². The zero-order valence-corrected chi connectivity index (χ0v) is 18.5. The lowest BCUT2D eigenvalue weighted by atomic mass is 10.1. The topological polar surface area (TPSA) is 89.2 Å². The molecule has 0 spiro atoms. The van der Waals surface area contributed by atoms with E-state index in [4.69, 9.17) is 10.5 Å². The maximum Gasteiger partial charge on any atom is 0.232 e. The number of halogens is 1. The number of ether oxygens (including phenoxy) is 1. The molecule has 0 amide bonds. The van der Waals surface area contributed by atoms with Crippen LogP contribution in [0.5, 0.6) is 0 Å². The Hall–Kier alpha value is -2.55. The van der Waals surface area contributed by atoms with Crippen molar-refractivity contribution in [2.24, 2.45) is 0 Å². The van der Waals surface area contributed by atoms with Crippen LogP contribution in [0.25, 0.3) is 0 Å². The van der Waals surface area contributed by atoms with Crippen LogP contribution >= 0.6 is 15.9 Å². The van der Waals surface area contributed by atoms with Gasteiger partial charge in [-0.15, -0.1) is 0 Å². The molecule has 156 valence electrons. The van der Waals surface area contributed by atoms with Crippen LogP contribution in [0.2, 0.25) is 0 Å². The SMILES string of the molecule is CCc1ccccc1Nc1nc(N)nc(CN2CCOC(c3cccc(Br)c3)C2)n1. The second-order valence-corrected chi connectivity index (χ2v) is 8.13. The first kappa shape index (κ1) is 20.7. The maximum absolute atomic E-state index is 5.99. The van der Waals surface area contributed by atoms with Gasteiger partial charge in [-0.05, 0) is 35.7 Å². The van der Waals surface area contributed by atoms with E-state index in [0.29, 0.717) is 24.9 Å². The van der Waals surface area contributed by atoms with Gasteiger partial charge in [-0.2, -0.15) is 15.0 Å². The Labute approximate surface area is 184 Å². The van der Waals surface area contributed by atoms with E-state index in [0.717, 1.165) is 35.2 Å². The minimum absolute atomic E-state index is 0.0180. The summed E-state index contributed by atoms with van der Waals surface area (Å²) >= 11 is 3.53. The van der Waals surface area contributed by atoms with Gasteiger partial charge in [0.1, 0.15) is 5.82 Å². The minimum Gasteiger partial charge on any atom is -0.371 e. The Morgan fingerprint density at radius 2 is 2.03 bits per heavy atom. The van der Waals surface area contributed by atoms with Crippen molar-refractivity contribution in [1.82, 2.24) is 19.9 Å². The third kappa shape index (κ3) is 5.13. The lowest BCUT2D eigenvalue weighted by molar-refractivity contribution is -0.0336. The molecular weight excluding hydrogens is 444 g/mol. The van der Waals surface area contributed by atoms with Crippen LogP contribution < -0.4 is 11.1 Å². The molecule has 0 radical (unpaired) electrons. The summed E-state index contributed by atoms with van der Waals surface area (Å²) in [4.78, 5) is 15.5. The molecule has 7 nitrogen and oxygen atoms in total. The van der Waals surface area contributed by atoms with Crippen LogP contribution in [0, 0.1) is 0 Å². The van der Waals surface area contributed by atoms with E-state index < -0.39 is 0 Å². The Morgan fingerprint density at radius 3 is 2.87 bits per heavy atom. The summed E-state index contributed by atoms with van der Waals surface area (Å²) in [5, 5.41) is 3.29. The fourth-order valence-corrected chi connectivity index (χ4v) is 4.01. The van der Waals surface area contributed by atoms with Gasteiger partial charge in [-0.1, -0.05) is 53.2 Å². The highest BCUT2D eigenvalue weighted by molar-refractivity contribution is 9.10. The summed E-state index contributed by atoms with van der Waals surface area (Å²) in [6.07, 6.45) is 0.936. The Kier molecular flexibility index (Phi) is 6.56. The summed E-state index contributed by atoms with van der Waals surface area (Å²) < 4.78 is 7.04. The van der Waals surface area contributed by atoms with Gasteiger partial charge in [0.25, 0.3) is 0 Å². The number of nitrogen functional groups attached to an aromatic ring is 1. The summed E-state index contributed by atoms with van der Waals surface area (Å²) in [5.74, 6) is 1.33. The average Bonchev–Trinajstić information content (AvgIpc) is 2.74. The summed E-state index contributed by atoms with van der Waals surface area (Å²) in [6.45, 7) is 4.95. The maximum atomic E-state index is 5.99. The highest BCUT2D eigenvalue weighted by atomic mass is 79.9. The molecule has 1 atom stereocenters. The van der Waals surface area contributed by atoms with E-state index >= 15 is 0 Å². The molecule has 0 bridgehead atoms. The van der Waals surface area contributed by atoms with E-state index in [1.165, 1.54) is 5.56 Å². The Bertz CT molecular complexity index is 1010. The fraction of sp³-hybridized carbons (Fsp3) is 0.318. The van der Waals surface area contributed by atoms with Crippen molar-refractivity contribution in [3.05, 3.63) is 70.0 Å². The molecule has 1 unspecified atom stereocenters. The smallest absolute Gasteiger partial charge is 0.232 e. The van der Waals surface area contributed by atoms with Crippen molar-refractivity contribution in [2.75, 3.05) is 30.7 Å². The van der Waals surface area contributed by atoms with Gasteiger partial charge in [0.05, 0.1) is 19.3 Å². The number of hydrogen-bond acceptors (Lipinski definition) is 7. The van der Waals surface area contributed by atoms with Crippen LogP contribution in [0.4, 0.5) is 17.6 Å². The van der Waals surface area contributed by atoms with Crippen molar-refractivity contribution in [2.45, 2.75) is 26.0 Å². The predicted octanol–water partition coefficient (Wildman–Crippen LogP) is 4.10. The van der Waals surface area contributed by atoms with E-state index in [1.807, 2.05) is 30.3 Å². The molecule has 4 rings (SSSR count). The molecule has 1 aliphatic heterocycles. The van der Waals surface area contributed by atoms with Crippen LogP contribution in [-0.4, -0.2) is 39.5 Å². The van der Waals surface area contributed by atoms with Gasteiger partial charge in [-0.25, -0.2) is 0 Å². The van der Waals surface area contributed by atoms with Gasteiger partial charge >= 0.3 is 0 Å². The molecule has 1 fully saturated rings. The lowest BCUT2D eigenvalue weighted by Gasteiger charge is -2.32. The van der Waals surface area contributed by atoms with E-state index in [-0.39, 0.29) is 12.1 Å². The number of anilines is 3. The number of benzene rings is 2. The first-order valence-corrected chi connectivity index (χ1v) is 10.8. The third-order valence-corrected chi connectivity index (χ3v) is 5.57. The molecule has 1 aliphatic rings. The number of rotatable bonds is 6. The van der Waals surface area contributed by atoms with Crippen LogP contribution in [0.3, 0.4) is 0 Å².